The molecule has 0 aliphatic heterocycles. The molecule has 0 saturated carbocycles. The predicted molar refractivity (Wildman–Crippen MR) is 97.7 cm³/mol. The molecular weight excluding hydrogens is 332 g/mol. The molecule has 0 N–H and O–H groups in total. The Hall–Kier alpha value is -3.34. The zero-order valence-corrected chi connectivity index (χ0v) is 14.3. The molecule has 132 valence electrons. The number of ether oxygens (including phenoxy) is 3. The SMILES string of the molecule is COc1ccccc1C(=O)COC(=O)COc1ccc2ccccc2c1. The first kappa shape index (κ1) is 17.5. The summed E-state index contributed by atoms with van der Waals surface area (Å²) in [5.41, 5.74) is 0.373. The van der Waals surface area contributed by atoms with Gasteiger partial charge in [-0.25, -0.2) is 4.79 Å². The number of benzene rings is 3. The van der Waals surface area contributed by atoms with Gasteiger partial charge in [-0.05, 0) is 35.0 Å². The maximum atomic E-state index is 12.2. The zero-order valence-electron chi connectivity index (χ0n) is 14.3. The van der Waals surface area contributed by atoms with E-state index in [-0.39, 0.29) is 19.0 Å². The molecular formula is C21H18O5. The van der Waals surface area contributed by atoms with Crippen LogP contribution in [0.25, 0.3) is 10.8 Å². The fourth-order valence-electron chi connectivity index (χ4n) is 2.54. The van der Waals surface area contributed by atoms with Gasteiger partial charge in [-0.3, -0.25) is 4.79 Å². The van der Waals surface area contributed by atoms with Gasteiger partial charge in [0.1, 0.15) is 11.5 Å². The van der Waals surface area contributed by atoms with Gasteiger partial charge in [0, 0.05) is 0 Å². The number of para-hydroxylation sites is 1. The third kappa shape index (κ3) is 4.19. The van der Waals surface area contributed by atoms with Crippen LogP contribution in [-0.4, -0.2) is 32.1 Å². The highest BCUT2D eigenvalue weighted by atomic mass is 16.6. The zero-order chi connectivity index (χ0) is 18.4. The lowest BCUT2D eigenvalue weighted by Crippen LogP contribution is -2.19. The second-order valence-electron chi connectivity index (χ2n) is 5.58. The minimum absolute atomic E-state index is 0.266. The van der Waals surface area contributed by atoms with Gasteiger partial charge in [-0.1, -0.05) is 42.5 Å². The van der Waals surface area contributed by atoms with Crippen molar-refractivity contribution in [2.24, 2.45) is 0 Å². The average Bonchev–Trinajstić information content (AvgIpc) is 2.70. The number of carbonyl (C=O) groups excluding carboxylic acids is 2. The molecule has 0 heterocycles. The van der Waals surface area contributed by atoms with Crippen molar-refractivity contribution in [1.82, 2.24) is 0 Å². The van der Waals surface area contributed by atoms with Crippen LogP contribution >= 0.6 is 0 Å². The first-order chi connectivity index (χ1) is 12.7. The van der Waals surface area contributed by atoms with Gasteiger partial charge in [0.05, 0.1) is 12.7 Å². The normalized spacial score (nSPS) is 10.3. The van der Waals surface area contributed by atoms with Crippen LogP contribution in [0.4, 0.5) is 0 Å². The summed E-state index contributed by atoms with van der Waals surface area (Å²) < 4.78 is 15.6. The Balaban J connectivity index is 1.53. The molecule has 0 spiro atoms. The van der Waals surface area contributed by atoms with Gasteiger partial charge in [0.15, 0.2) is 13.2 Å². The topological polar surface area (TPSA) is 61.8 Å². The van der Waals surface area contributed by atoms with Crippen LogP contribution in [0.3, 0.4) is 0 Å². The fourth-order valence-corrected chi connectivity index (χ4v) is 2.54. The Bertz CT molecular complexity index is 932. The number of carbonyl (C=O) groups is 2. The Kier molecular flexibility index (Phi) is 5.49. The number of hydrogen-bond donors (Lipinski definition) is 0. The van der Waals surface area contributed by atoms with Crippen LogP contribution in [0.2, 0.25) is 0 Å². The summed E-state index contributed by atoms with van der Waals surface area (Å²) in [6.07, 6.45) is 0. The Morgan fingerprint density at radius 3 is 2.38 bits per heavy atom. The van der Waals surface area contributed by atoms with Crippen molar-refractivity contribution in [3.8, 4) is 11.5 Å². The lowest BCUT2D eigenvalue weighted by atomic mass is 10.1. The van der Waals surface area contributed by atoms with Crippen molar-refractivity contribution in [2.45, 2.75) is 0 Å². The lowest BCUT2D eigenvalue weighted by Gasteiger charge is -2.09. The number of rotatable bonds is 7. The van der Waals surface area contributed by atoms with E-state index in [1.165, 1.54) is 7.11 Å². The van der Waals surface area contributed by atoms with Gasteiger partial charge < -0.3 is 14.2 Å². The standard InChI is InChI=1S/C21H18O5/c1-24-20-9-5-4-8-18(20)19(22)13-26-21(23)14-25-17-11-10-15-6-2-3-7-16(15)12-17/h2-12H,13-14H2,1H3. The molecule has 26 heavy (non-hydrogen) atoms. The minimum atomic E-state index is -0.610. The van der Waals surface area contributed by atoms with Crippen LogP contribution in [0, 0.1) is 0 Å². The third-order valence-corrected chi connectivity index (χ3v) is 3.85. The van der Waals surface area contributed by atoms with Gasteiger partial charge in [-0.2, -0.15) is 0 Å². The van der Waals surface area contributed by atoms with Crippen molar-refractivity contribution < 1.29 is 23.8 Å². The summed E-state index contributed by atoms with van der Waals surface area (Å²) in [7, 11) is 1.48. The molecule has 5 heteroatoms. The number of ketones is 1. The highest BCUT2D eigenvalue weighted by molar-refractivity contribution is 6.00. The Labute approximate surface area is 151 Å². The summed E-state index contributed by atoms with van der Waals surface area (Å²) in [6.45, 7) is -0.627. The molecule has 0 aliphatic carbocycles. The molecule has 0 radical (unpaired) electrons. The van der Waals surface area contributed by atoms with Crippen LogP contribution < -0.4 is 9.47 Å². The highest BCUT2D eigenvalue weighted by Gasteiger charge is 2.14. The van der Waals surface area contributed by atoms with E-state index in [1.807, 2.05) is 36.4 Å². The number of fused-ring (bicyclic) bond motifs is 1. The Morgan fingerprint density at radius 1 is 0.846 bits per heavy atom. The molecule has 0 aliphatic rings. The average molecular weight is 350 g/mol. The van der Waals surface area contributed by atoms with Gasteiger partial charge in [0.2, 0.25) is 5.78 Å². The summed E-state index contributed by atoms with van der Waals surface area (Å²) >= 11 is 0. The molecule has 3 aromatic rings. The van der Waals surface area contributed by atoms with Crippen LogP contribution in [0.1, 0.15) is 10.4 Å². The van der Waals surface area contributed by atoms with Crippen molar-refractivity contribution >= 4 is 22.5 Å². The first-order valence-corrected chi connectivity index (χ1v) is 8.11. The van der Waals surface area contributed by atoms with Crippen LogP contribution in [0.15, 0.2) is 66.7 Å². The van der Waals surface area contributed by atoms with E-state index < -0.39 is 5.97 Å². The second-order valence-corrected chi connectivity index (χ2v) is 5.58. The summed E-state index contributed by atoms with van der Waals surface area (Å²) in [5.74, 6) is 0.0700. The molecule has 0 bridgehead atoms. The second kappa shape index (κ2) is 8.16. The predicted octanol–water partition coefficient (Wildman–Crippen LogP) is 3.65. The van der Waals surface area contributed by atoms with Crippen LogP contribution in [0.5, 0.6) is 11.5 Å². The van der Waals surface area contributed by atoms with Crippen molar-refractivity contribution in [3.05, 3.63) is 72.3 Å². The van der Waals surface area contributed by atoms with Crippen molar-refractivity contribution in [2.75, 3.05) is 20.3 Å². The van der Waals surface area contributed by atoms with Crippen molar-refractivity contribution in [1.29, 1.82) is 0 Å². The third-order valence-electron chi connectivity index (χ3n) is 3.85. The smallest absolute Gasteiger partial charge is 0.344 e. The van der Waals surface area contributed by atoms with Crippen LogP contribution in [-0.2, 0) is 9.53 Å². The van der Waals surface area contributed by atoms with E-state index in [0.29, 0.717) is 17.1 Å². The molecule has 0 amide bonds. The minimum Gasteiger partial charge on any atom is -0.496 e. The van der Waals surface area contributed by atoms with Gasteiger partial charge in [0.25, 0.3) is 0 Å². The molecule has 0 atom stereocenters. The molecule has 0 saturated heterocycles. The van der Waals surface area contributed by atoms with E-state index in [0.717, 1.165) is 10.8 Å². The maximum absolute atomic E-state index is 12.2. The monoisotopic (exact) mass is 350 g/mol. The number of hydrogen-bond acceptors (Lipinski definition) is 5. The first-order valence-electron chi connectivity index (χ1n) is 8.11. The van der Waals surface area contributed by atoms with E-state index in [1.54, 1.807) is 30.3 Å². The number of Topliss-reactive ketones (excluding diaryl/α,β-unsaturated/α-hetero) is 1. The van der Waals surface area contributed by atoms with E-state index in [9.17, 15) is 9.59 Å². The molecule has 3 aromatic carbocycles. The molecule has 3 rings (SSSR count). The molecule has 0 fully saturated rings. The van der Waals surface area contributed by atoms with E-state index in [4.69, 9.17) is 14.2 Å². The lowest BCUT2D eigenvalue weighted by molar-refractivity contribution is -0.144. The molecule has 0 aromatic heterocycles. The maximum Gasteiger partial charge on any atom is 0.344 e. The van der Waals surface area contributed by atoms with Crippen molar-refractivity contribution in [3.63, 3.8) is 0 Å². The fraction of sp³-hybridized carbons (Fsp3) is 0.143. The highest BCUT2D eigenvalue weighted by Crippen LogP contribution is 2.21. The largest absolute Gasteiger partial charge is 0.496 e. The molecule has 5 nitrogen and oxygen atoms in total. The molecule has 0 unspecified atom stereocenters. The summed E-state index contributed by atoms with van der Waals surface area (Å²) in [4.78, 5) is 24.0. The van der Waals surface area contributed by atoms with Gasteiger partial charge >= 0.3 is 5.97 Å². The summed E-state index contributed by atoms with van der Waals surface area (Å²) in [5, 5.41) is 2.11. The Morgan fingerprint density at radius 2 is 1.58 bits per heavy atom. The number of methoxy groups -OCH3 is 1. The number of esters is 1. The summed E-state index contributed by atoms with van der Waals surface area (Å²) in [6, 6.07) is 20.2. The van der Waals surface area contributed by atoms with Gasteiger partial charge in [-0.15, -0.1) is 0 Å². The van der Waals surface area contributed by atoms with E-state index >= 15 is 0 Å². The quantitative estimate of drug-likeness (QED) is 0.481. The van der Waals surface area contributed by atoms with E-state index in [2.05, 4.69) is 0 Å².